The number of anilines is 1. The molecule has 0 aliphatic heterocycles. The van der Waals surface area contributed by atoms with Crippen molar-refractivity contribution < 1.29 is 9.90 Å². The molecule has 1 aromatic carbocycles. The van der Waals surface area contributed by atoms with Crippen molar-refractivity contribution in [3.8, 4) is 0 Å². The molecule has 3 N–H and O–H groups in total. The second-order valence-electron chi connectivity index (χ2n) is 4.73. The van der Waals surface area contributed by atoms with E-state index in [1.54, 1.807) is 6.07 Å². The monoisotopic (exact) mass is 274 g/mol. The zero-order chi connectivity index (χ0) is 14.4. The van der Waals surface area contributed by atoms with Gasteiger partial charge in [0.15, 0.2) is 0 Å². The molecule has 0 bridgehead atoms. The molecule has 1 aromatic heterocycles. The summed E-state index contributed by atoms with van der Waals surface area (Å²) in [6.45, 7) is 0.716. The van der Waals surface area contributed by atoms with Gasteiger partial charge >= 0.3 is 5.97 Å². The van der Waals surface area contributed by atoms with Crippen molar-refractivity contribution >= 4 is 22.6 Å². The number of pyridine rings is 1. The maximum Gasteiger partial charge on any atom is 0.303 e. The standard InChI is InChI=1S/C15H18N2O3/c18-14(19)8-2-1-5-9-16-13-10-11-6-3-4-7-12(11)15(20)17-13/h3-4,6-7,10H,1-2,5,8-9H2,(H,18,19)(H2,16,17,20). The Kier molecular flexibility index (Phi) is 4.76. The van der Waals surface area contributed by atoms with Crippen molar-refractivity contribution in [3.05, 3.63) is 40.7 Å². The van der Waals surface area contributed by atoms with Gasteiger partial charge in [-0.2, -0.15) is 0 Å². The molecule has 0 saturated carbocycles. The minimum atomic E-state index is -0.753. The highest BCUT2D eigenvalue weighted by Gasteiger charge is 2.01. The number of aromatic amines is 1. The van der Waals surface area contributed by atoms with E-state index < -0.39 is 5.97 Å². The highest BCUT2D eigenvalue weighted by Crippen LogP contribution is 2.12. The Balaban J connectivity index is 1.87. The molecule has 0 spiro atoms. The van der Waals surface area contributed by atoms with E-state index in [-0.39, 0.29) is 12.0 Å². The SMILES string of the molecule is O=C(O)CCCCCNc1cc2ccccc2c(=O)[nH]1. The molecular formula is C15H18N2O3. The van der Waals surface area contributed by atoms with Gasteiger partial charge in [-0.15, -0.1) is 0 Å². The molecule has 5 heteroatoms. The quantitative estimate of drug-likeness (QED) is 0.678. The molecule has 0 saturated heterocycles. The highest BCUT2D eigenvalue weighted by atomic mass is 16.4. The Hall–Kier alpha value is -2.30. The first-order valence-electron chi connectivity index (χ1n) is 6.74. The summed E-state index contributed by atoms with van der Waals surface area (Å²) in [5, 5.41) is 13.3. The molecule has 0 amide bonds. The zero-order valence-corrected chi connectivity index (χ0v) is 11.2. The van der Waals surface area contributed by atoms with Gasteiger partial charge in [0.05, 0.1) is 0 Å². The van der Waals surface area contributed by atoms with Crippen LogP contribution in [0.5, 0.6) is 0 Å². The third-order valence-electron chi connectivity index (χ3n) is 3.14. The summed E-state index contributed by atoms with van der Waals surface area (Å²) in [6.07, 6.45) is 2.64. The molecule has 0 fully saturated rings. The number of aliphatic carboxylic acids is 1. The number of fused-ring (bicyclic) bond motifs is 1. The van der Waals surface area contributed by atoms with Crippen LogP contribution in [0.25, 0.3) is 10.8 Å². The van der Waals surface area contributed by atoms with E-state index in [0.29, 0.717) is 24.2 Å². The van der Waals surface area contributed by atoms with E-state index in [0.717, 1.165) is 18.2 Å². The molecule has 1 heterocycles. The van der Waals surface area contributed by atoms with Gasteiger partial charge < -0.3 is 15.4 Å². The summed E-state index contributed by atoms with van der Waals surface area (Å²) in [5.41, 5.74) is -0.100. The van der Waals surface area contributed by atoms with Crippen LogP contribution in [0, 0.1) is 0 Å². The van der Waals surface area contributed by atoms with Crippen LogP contribution in [-0.2, 0) is 4.79 Å². The Bertz CT molecular complexity index is 649. The van der Waals surface area contributed by atoms with Crippen LogP contribution in [0.15, 0.2) is 35.1 Å². The molecule has 0 aliphatic carbocycles. The topological polar surface area (TPSA) is 82.2 Å². The maximum absolute atomic E-state index is 11.8. The summed E-state index contributed by atoms with van der Waals surface area (Å²) >= 11 is 0. The smallest absolute Gasteiger partial charge is 0.303 e. The zero-order valence-electron chi connectivity index (χ0n) is 11.2. The minimum absolute atomic E-state index is 0.100. The van der Waals surface area contributed by atoms with Crippen molar-refractivity contribution in [1.82, 2.24) is 4.98 Å². The lowest BCUT2D eigenvalue weighted by Gasteiger charge is -2.07. The van der Waals surface area contributed by atoms with Gasteiger partial charge in [0.2, 0.25) is 0 Å². The fraction of sp³-hybridized carbons (Fsp3) is 0.333. The molecule has 0 unspecified atom stereocenters. The first-order chi connectivity index (χ1) is 9.66. The fourth-order valence-electron chi connectivity index (χ4n) is 2.11. The summed E-state index contributed by atoms with van der Waals surface area (Å²) < 4.78 is 0. The summed E-state index contributed by atoms with van der Waals surface area (Å²) in [4.78, 5) is 25.0. The van der Waals surface area contributed by atoms with Crippen molar-refractivity contribution in [2.24, 2.45) is 0 Å². The number of carbonyl (C=O) groups is 1. The average Bonchev–Trinajstić information content (AvgIpc) is 2.42. The fourth-order valence-corrected chi connectivity index (χ4v) is 2.11. The Morgan fingerprint density at radius 1 is 1.20 bits per heavy atom. The predicted molar refractivity (Wildman–Crippen MR) is 79.2 cm³/mol. The molecule has 2 rings (SSSR count). The van der Waals surface area contributed by atoms with Crippen LogP contribution in [-0.4, -0.2) is 22.6 Å². The van der Waals surface area contributed by atoms with Crippen molar-refractivity contribution in [2.75, 3.05) is 11.9 Å². The Morgan fingerprint density at radius 2 is 2.00 bits per heavy atom. The Labute approximate surface area is 116 Å². The van der Waals surface area contributed by atoms with Crippen LogP contribution >= 0.6 is 0 Å². The summed E-state index contributed by atoms with van der Waals surface area (Å²) in [5.74, 6) is -0.0521. The lowest BCUT2D eigenvalue weighted by Crippen LogP contribution is -2.11. The second kappa shape index (κ2) is 6.75. The molecule has 2 aromatic rings. The molecule has 0 radical (unpaired) electrons. The van der Waals surface area contributed by atoms with Gasteiger partial charge in [0, 0.05) is 18.4 Å². The number of benzene rings is 1. The highest BCUT2D eigenvalue weighted by molar-refractivity contribution is 5.83. The van der Waals surface area contributed by atoms with Gasteiger partial charge in [0.25, 0.3) is 5.56 Å². The number of hydrogen-bond acceptors (Lipinski definition) is 3. The number of unbranched alkanes of at least 4 members (excludes halogenated alkanes) is 2. The van der Waals surface area contributed by atoms with Crippen LogP contribution in [0.2, 0.25) is 0 Å². The average molecular weight is 274 g/mol. The van der Waals surface area contributed by atoms with Crippen molar-refractivity contribution in [2.45, 2.75) is 25.7 Å². The minimum Gasteiger partial charge on any atom is -0.481 e. The van der Waals surface area contributed by atoms with E-state index in [1.165, 1.54) is 0 Å². The van der Waals surface area contributed by atoms with Crippen molar-refractivity contribution in [3.63, 3.8) is 0 Å². The first kappa shape index (κ1) is 14.1. The number of nitrogens with one attached hydrogen (secondary N) is 2. The number of H-pyrrole nitrogens is 1. The Morgan fingerprint density at radius 3 is 2.80 bits per heavy atom. The number of rotatable bonds is 7. The third-order valence-corrected chi connectivity index (χ3v) is 3.14. The number of hydrogen-bond donors (Lipinski definition) is 3. The lowest BCUT2D eigenvalue weighted by atomic mass is 10.1. The van der Waals surface area contributed by atoms with Crippen LogP contribution in [0.3, 0.4) is 0 Å². The van der Waals surface area contributed by atoms with E-state index in [4.69, 9.17) is 5.11 Å². The van der Waals surface area contributed by atoms with Crippen LogP contribution < -0.4 is 10.9 Å². The van der Waals surface area contributed by atoms with Gasteiger partial charge in [0.1, 0.15) is 5.82 Å². The normalized spacial score (nSPS) is 10.6. The van der Waals surface area contributed by atoms with Crippen LogP contribution in [0.4, 0.5) is 5.82 Å². The first-order valence-corrected chi connectivity index (χ1v) is 6.74. The molecule has 106 valence electrons. The van der Waals surface area contributed by atoms with Gasteiger partial charge in [-0.05, 0) is 30.4 Å². The number of aromatic nitrogens is 1. The van der Waals surface area contributed by atoms with E-state index in [1.807, 2.05) is 24.3 Å². The molecule has 5 nitrogen and oxygen atoms in total. The number of carboxylic acid groups (broad SMARTS) is 1. The van der Waals surface area contributed by atoms with Gasteiger partial charge in [-0.1, -0.05) is 24.6 Å². The number of carboxylic acids is 1. The molecular weight excluding hydrogens is 256 g/mol. The second-order valence-corrected chi connectivity index (χ2v) is 4.73. The largest absolute Gasteiger partial charge is 0.481 e. The van der Waals surface area contributed by atoms with E-state index >= 15 is 0 Å². The van der Waals surface area contributed by atoms with E-state index in [2.05, 4.69) is 10.3 Å². The molecule has 0 atom stereocenters. The van der Waals surface area contributed by atoms with Gasteiger partial charge in [-0.25, -0.2) is 0 Å². The third kappa shape index (κ3) is 3.85. The van der Waals surface area contributed by atoms with Crippen LogP contribution in [0.1, 0.15) is 25.7 Å². The van der Waals surface area contributed by atoms with Gasteiger partial charge in [-0.3, -0.25) is 9.59 Å². The predicted octanol–water partition coefficient (Wildman–Crippen LogP) is 2.58. The summed E-state index contributed by atoms with van der Waals surface area (Å²) in [7, 11) is 0. The summed E-state index contributed by atoms with van der Waals surface area (Å²) in [6, 6.07) is 9.35. The van der Waals surface area contributed by atoms with E-state index in [9.17, 15) is 9.59 Å². The molecule has 0 aliphatic rings. The molecule has 20 heavy (non-hydrogen) atoms. The lowest BCUT2D eigenvalue weighted by molar-refractivity contribution is -0.137. The maximum atomic E-state index is 11.8. The van der Waals surface area contributed by atoms with Crippen molar-refractivity contribution in [1.29, 1.82) is 0 Å².